The Morgan fingerprint density at radius 3 is 0.700 bits per heavy atom. The van der Waals surface area contributed by atoms with Gasteiger partial charge in [-0.15, -0.1) is 0 Å². The van der Waals surface area contributed by atoms with E-state index in [0.29, 0.717) is 26.2 Å². The number of nitrogens with zero attached hydrogens (tertiary/aromatic N) is 2. The average Bonchev–Trinajstić information content (AvgIpc) is 2.42. The molecular formula is C4H20I2N6O6Pt2+2. The van der Waals surface area contributed by atoms with Crippen molar-refractivity contribution >= 4 is 38.7 Å². The molecule has 0 aliphatic rings. The summed E-state index contributed by atoms with van der Waals surface area (Å²) in [6.45, 7) is 2.39. The number of rotatable bonds is 2. The van der Waals surface area contributed by atoms with Crippen LogP contribution in [-0.4, -0.2) is 57.2 Å². The first kappa shape index (κ1) is 37.4. The Bertz CT molecular complexity index is 135. The van der Waals surface area contributed by atoms with Gasteiger partial charge in [-0.3, -0.25) is 0 Å². The van der Waals surface area contributed by atoms with Crippen molar-refractivity contribution in [3.05, 3.63) is 9.81 Å². The standard InChI is InChI=1S/2C2H8N2.2HI.2H2NO3.2Pt/c2*3-1-2-4;;;2*2-1(3)4;;/h2*1-4H2;2*1H;2*(H2,2,3,4);;/q;;;;4*+1/p-2. The van der Waals surface area contributed by atoms with E-state index in [4.69, 9.17) is 53.6 Å². The van der Waals surface area contributed by atoms with E-state index in [1.807, 2.05) is 0 Å². The summed E-state index contributed by atoms with van der Waals surface area (Å²) >= 11 is 8.46. The van der Waals surface area contributed by atoms with Crippen molar-refractivity contribution in [1.29, 1.82) is 0 Å². The molecule has 0 aliphatic heterocycles. The topological polar surface area (TPSA) is 225 Å². The van der Waals surface area contributed by atoms with Gasteiger partial charge in [-0.2, -0.15) is 0 Å². The molecule has 0 aromatic rings. The quantitative estimate of drug-likeness (QED) is 0.120. The molecule has 12 nitrogen and oxygen atoms in total. The predicted octanol–water partition coefficient (Wildman–Crippen LogP) is -1.34. The van der Waals surface area contributed by atoms with Gasteiger partial charge in [0.15, 0.2) is 0 Å². The van der Waals surface area contributed by atoms with E-state index >= 15 is 0 Å². The van der Waals surface area contributed by atoms with Crippen molar-refractivity contribution in [2.45, 2.75) is 0 Å². The van der Waals surface area contributed by atoms with Crippen LogP contribution in [0.2, 0.25) is 0 Å². The zero-order chi connectivity index (χ0) is 18.0. The van der Waals surface area contributed by atoms with Crippen LogP contribution in [-0.2, 0) is 32.3 Å². The van der Waals surface area contributed by atoms with Gasteiger partial charge in [-0.1, -0.05) is 0 Å². The summed E-state index contributed by atoms with van der Waals surface area (Å²) in [6.07, 6.45) is 0. The Morgan fingerprint density at radius 2 is 0.700 bits per heavy atom. The first-order chi connectivity index (χ1) is 9.29. The van der Waals surface area contributed by atoms with Crippen molar-refractivity contribution in [3.63, 3.8) is 0 Å². The van der Waals surface area contributed by atoms with Gasteiger partial charge >= 0.3 is 81.1 Å². The van der Waals surface area contributed by atoms with Crippen LogP contribution in [0.25, 0.3) is 0 Å². The summed E-state index contributed by atoms with van der Waals surface area (Å²) in [5, 5.41) is 25.1. The molecule has 0 spiro atoms. The van der Waals surface area contributed by atoms with E-state index in [2.05, 4.69) is 71.0 Å². The number of hydrogen-bond donors (Lipinski definition) is 8. The third-order valence-electron chi connectivity index (χ3n) is 0.333. The number of hydrogen-bond acceptors (Lipinski definition) is 6. The van der Waals surface area contributed by atoms with Crippen LogP contribution >= 0.6 is 38.7 Å². The Kier molecular flexibility index (Phi) is 111. The normalized spacial score (nSPS) is 6.10. The second kappa shape index (κ2) is 59.5. The minimum atomic E-state index is -1.25. The molecule has 20 heavy (non-hydrogen) atoms. The molecule has 16 heteroatoms. The molecule has 134 valence electrons. The fourth-order valence-electron chi connectivity index (χ4n) is 0. The fraction of sp³-hybridized carbons (Fsp3) is 1.00. The third kappa shape index (κ3) is 659. The van der Waals surface area contributed by atoms with E-state index in [9.17, 15) is 0 Å². The van der Waals surface area contributed by atoms with E-state index in [-0.39, 0.29) is 0 Å². The van der Waals surface area contributed by atoms with Crippen molar-refractivity contribution < 1.29 is 63.3 Å². The van der Waals surface area contributed by atoms with Crippen LogP contribution in [0.5, 0.6) is 0 Å². The first-order valence-corrected chi connectivity index (χ1v) is 16.9. The van der Waals surface area contributed by atoms with Crippen LogP contribution in [0.3, 0.4) is 0 Å². The maximum absolute atomic E-state index is 8.47. The molecule has 0 radical (unpaired) electrons. The van der Waals surface area contributed by atoms with Crippen molar-refractivity contribution in [3.8, 4) is 0 Å². The molecule has 0 bridgehead atoms. The van der Waals surface area contributed by atoms with Crippen molar-refractivity contribution in [1.82, 2.24) is 0 Å². The SMILES string of the molecule is NCCN.NCCN.O=[N+](O)O.O=[N+](O)O.[I][Pt].[I][Pt]. The predicted molar refractivity (Wildman–Crippen MR) is 78.7 cm³/mol. The Balaban J connectivity index is -0.0000000301. The number of halogens is 2. The third-order valence-corrected chi connectivity index (χ3v) is 0.333. The van der Waals surface area contributed by atoms with Gasteiger partial charge in [-0.05, 0) is 0 Å². The second-order valence-electron chi connectivity index (χ2n) is 1.66. The molecule has 0 aromatic heterocycles. The molecule has 0 heterocycles. The molecular weight excluding hydrogens is 872 g/mol. The van der Waals surface area contributed by atoms with E-state index in [1.165, 1.54) is 0 Å². The molecule has 0 unspecified atom stereocenters. The second-order valence-corrected chi connectivity index (χ2v) is 1.66. The van der Waals surface area contributed by atoms with E-state index in [1.54, 1.807) is 0 Å². The molecule has 0 aromatic carbocycles. The van der Waals surface area contributed by atoms with Crippen LogP contribution < -0.4 is 22.9 Å². The van der Waals surface area contributed by atoms with Gasteiger partial charge in [0.1, 0.15) is 9.81 Å². The summed E-state index contributed by atoms with van der Waals surface area (Å²) < 4.78 is 0. The molecule has 12 N–H and O–H groups in total. The van der Waals surface area contributed by atoms with Gasteiger partial charge < -0.3 is 22.9 Å². The van der Waals surface area contributed by atoms with Gasteiger partial charge in [0.2, 0.25) is 0 Å². The molecule has 0 fully saturated rings. The van der Waals surface area contributed by atoms with Crippen LogP contribution in [0.4, 0.5) is 0 Å². The van der Waals surface area contributed by atoms with Crippen LogP contribution in [0, 0.1) is 9.81 Å². The summed E-state index contributed by atoms with van der Waals surface area (Å²) in [6, 6.07) is 0. The molecule has 0 rings (SSSR count). The Labute approximate surface area is 159 Å². The molecule has 0 saturated carbocycles. The molecule has 0 atom stereocenters. The number of nitrogens with two attached hydrogens (primary N) is 4. The maximum atomic E-state index is 8.47. The zero-order valence-electron chi connectivity index (χ0n) is 10.0. The Hall–Kier alpha value is 1.08. The minimum absolute atomic E-state index is 0.597. The molecule has 0 aliphatic carbocycles. The summed E-state index contributed by atoms with van der Waals surface area (Å²) in [7, 11) is 0. The summed E-state index contributed by atoms with van der Waals surface area (Å²) in [4.78, 5) is 16.9. The monoisotopic (exact) mass is 892 g/mol. The van der Waals surface area contributed by atoms with Gasteiger partial charge in [0.25, 0.3) is 0 Å². The average molecular weight is 892 g/mol. The summed E-state index contributed by atoms with van der Waals surface area (Å²) in [5.74, 6) is 0. The zero-order valence-corrected chi connectivity index (χ0v) is 18.9. The summed E-state index contributed by atoms with van der Waals surface area (Å²) in [5.41, 5.74) is 19.6. The molecule has 0 amide bonds. The van der Waals surface area contributed by atoms with Crippen molar-refractivity contribution in [2.75, 3.05) is 26.2 Å². The van der Waals surface area contributed by atoms with Gasteiger partial charge in [0.05, 0.1) is 0 Å². The van der Waals surface area contributed by atoms with Crippen molar-refractivity contribution in [2.24, 2.45) is 22.9 Å². The van der Waals surface area contributed by atoms with Gasteiger partial charge in [0, 0.05) is 26.2 Å². The Morgan fingerprint density at radius 1 is 0.650 bits per heavy atom. The van der Waals surface area contributed by atoms with Crippen LogP contribution in [0.15, 0.2) is 0 Å². The molecule has 0 saturated heterocycles. The first-order valence-electron chi connectivity index (χ1n) is 4.04. The van der Waals surface area contributed by atoms with E-state index in [0.717, 1.165) is 0 Å². The van der Waals surface area contributed by atoms with E-state index < -0.39 is 10.2 Å². The fourth-order valence-corrected chi connectivity index (χ4v) is 0. The van der Waals surface area contributed by atoms with Crippen LogP contribution in [0.1, 0.15) is 0 Å². The van der Waals surface area contributed by atoms with Gasteiger partial charge in [-0.25, -0.2) is 20.8 Å².